The molecule has 2 heterocycles. The fraction of sp³-hybridized carbons (Fsp3) is 0.368. The van der Waals surface area contributed by atoms with Crippen molar-refractivity contribution >= 4 is 33.2 Å². The van der Waals surface area contributed by atoms with E-state index < -0.39 is 44.5 Å². The normalized spacial score (nSPS) is 19.3. The summed E-state index contributed by atoms with van der Waals surface area (Å²) in [5, 5.41) is 1.82. The highest BCUT2D eigenvalue weighted by Crippen LogP contribution is 2.34. The van der Waals surface area contributed by atoms with Gasteiger partial charge in [0.15, 0.2) is 0 Å². The Kier molecular flexibility index (Phi) is 5.96. The average molecular weight is 460 g/mol. The molecule has 1 saturated heterocycles. The van der Waals surface area contributed by atoms with Crippen LogP contribution in [0.4, 0.5) is 13.2 Å². The molecule has 1 aliphatic rings. The van der Waals surface area contributed by atoms with Gasteiger partial charge in [-0.05, 0) is 36.4 Å². The lowest BCUT2D eigenvalue weighted by molar-refractivity contribution is -0.156. The fourth-order valence-corrected chi connectivity index (χ4v) is 5.20. The molecule has 2 amide bonds. The lowest BCUT2D eigenvalue weighted by atomic mass is 9.85. The zero-order chi connectivity index (χ0) is 22.2. The SMILES string of the molecule is CC1(C(=O)NS(=O)(=O)Cc2ccccc2C(F)(F)F)CCN1C(=O)Cc1cccs1. The van der Waals surface area contributed by atoms with Gasteiger partial charge in [0.05, 0.1) is 17.7 Å². The maximum Gasteiger partial charge on any atom is 0.416 e. The van der Waals surface area contributed by atoms with Crippen molar-refractivity contribution in [2.75, 3.05) is 6.54 Å². The van der Waals surface area contributed by atoms with E-state index in [2.05, 4.69) is 0 Å². The molecule has 0 saturated carbocycles. The first-order valence-corrected chi connectivity index (χ1v) is 11.5. The third-order valence-electron chi connectivity index (χ3n) is 5.03. The van der Waals surface area contributed by atoms with Crippen LogP contribution in [-0.2, 0) is 38.0 Å². The van der Waals surface area contributed by atoms with Gasteiger partial charge in [-0.3, -0.25) is 14.3 Å². The highest BCUT2D eigenvalue weighted by atomic mass is 32.2. The standard InChI is InChI=1S/C19H19F3N2O4S2/c1-18(8-9-24(18)16(25)11-14-6-4-10-29-14)17(26)23-30(27,28)12-13-5-2-3-7-15(13)19(20,21)22/h2-7,10H,8-9,11-12H2,1H3,(H,23,26). The largest absolute Gasteiger partial charge is 0.416 e. The van der Waals surface area contributed by atoms with Gasteiger partial charge in [-0.15, -0.1) is 11.3 Å². The number of rotatable bonds is 6. The van der Waals surface area contributed by atoms with E-state index in [0.29, 0.717) is 6.54 Å². The summed E-state index contributed by atoms with van der Waals surface area (Å²) in [6, 6.07) is 7.85. The van der Waals surface area contributed by atoms with Gasteiger partial charge in [0, 0.05) is 11.4 Å². The lowest BCUT2D eigenvalue weighted by Gasteiger charge is -2.48. The summed E-state index contributed by atoms with van der Waals surface area (Å²) in [6.45, 7) is 1.74. The van der Waals surface area contributed by atoms with Crippen molar-refractivity contribution in [3.05, 3.63) is 57.8 Å². The van der Waals surface area contributed by atoms with Gasteiger partial charge < -0.3 is 4.90 Å². The van der Waals surface area contributed by atoms with Crippen LogP contribution in [0.3, 0.4) is 0 Å². The Balaban J connectivity index is 1.71. The summed E-state index contributed by atoms with van der Waals surface area (Å²) < 4.78 is 66.0. The molecule has 1 aromatic heterocycles. The van der Waals surface area contributed by atoms with E-state index in [-0.39, 0.29) is 18.7 Å². The van der Waals surface area contributed by atoms with Crippen molar-refractivity contribution in [2.45, 2.75) is 37.2 Å². The summed E-state index contributed by atoms with van der Waals surface area (Å²) in [6.07, 6.45) is -4.38. The second-order valence-electron chi connectivity index (χ2n) is 7.17. The Morgan fingerprint density at radius 3 is 2.47 bits per heavy atom. The second-order valence-corrected chi connectivity index (χ2v) is 9.93. The van der Waals surface area contributed by atoms with E-state index in [9.17, 15) is 31.2 Å². The number of thiophene rings is 1. The number of likely N-dealkylation sites (tertiary alicyclic amines) is 1. The Bertz CT molecular complexity index is 1050. The molecule has 1 fully saturated rings. The first kappa shape index (κ1) is 22.3. The molecule has 30 heavy (non-hydrogen) atoms. The number of benzene rings is 1. The Labute approximate surface area is 175 Å². The molecule has 1 N–H and O–H groups in total. The molecule has 2 aromatic rings. The maximum absolute atomic E-state index is 13.1. The first-order valence-electron chi connectivity index (χ1n) is 8.95. The summed E-state index contributed by atoms with van der Waals surface area (Å²) in [5.74, 6) is -2.26. The van der Waals surface area contributed by atoms with Crippen molar-refractivity contribution in [1.29, 1.82) is 0 Å². The van der Waals surface area contributed by atoms with Gasteiger partial charge >= 0.3 is 6.18 Å². The van der Waals surface area contributed by atoms with Gasteiger partial charge in [0.25, 0.3) is 5.91 Å². The van der Waals surface area contributed by atoms with E-state index >= 15 is 0 Å². The molecule has 3 rings (SSSR count). The number of nitrogens with zero attached hydrogens (tertiary/aromatic N) is 1. The number of hydrogen-bond donors (Lipinski definition) is 1. The van der Waals surface area contributed by atoms with Crippen molar-refractivity contribution in [3.63, 3.8) is 0 Å². The van der Waals surface area contributed by atoms with E-state index in [1.54, 1.807) is 12.1 Å². The topological polar surface area (TPSA) is 83.6 Å². The fourth-order valence-electron chi connectivity index (χ4n) is 3.27. The van der Waals surface area contributed by atoms with Crippen LogP contribution in [0.25, 0.3) is 0 Å². The lowest BCUT2D eigenvalue weighted by Crippen LogP contribution is -2.68. The highest BCUT2D eigenvalue weighted by molar-refractivity contribution is 7.89. The summed E-state index contributed by atoms with van der Waals surface area (Å²) in [7, 11) is -4.41. The molecular weight excluding hydrogens is 441 g/mol. The summed E-state index contributed by atoms with van der Waals surface area (Å²) in [4.78, 5) is 27.3. The second kappa shape index (κ2) is 8.03. The predicted octanol–water partition coefficient (Wildman–Crippen LogP) is 2.95. The van der Waals surface area contributed by atoms with Crippen LogP contribution in [-0.4, -0.2) is 37.2 Å². The van der Waals surface area contributed by atoms with Crippen molar-refractivity contribution in [2.24, 2.45) is 0 Å². The number of halogens is 3. The van der Waals surface area contributed by atoms with E-state index in [0.717, 1.165) is 23.1 Å². The number of nitrogens with one attached hydrogen (secondary N) is 1. The molecule has 0 radical (unpaired) electrons. The van der Waals surface area contributed by atoms with Crippen molar-refractivity contribution < 1.29 is 31.2 Å². The van der Waals surface area contributed by atoms with E-state index in [1.807, 2.05) is 10.1 Å². The van der Waals surface area contributed by atoms with Crippen LogP contribution in [0.5, 0.6) is 0 Å². The average Bonchev–Trinajstić information content (AvgIpc) is 3.11. The molecule has 11 heteroatoms. The first-order chi connectivity index (χ1) is 13.9. The molecule has 0 bridgehead atoms. The number of amides is 2. The Hall–Kier alpha value is -2.40. The predicted molar refractivity (Wildman–Crippen MR) is 105 cm³/mol. The van der Waals surface area contributed by atoms with E-state index in [1.165, 1.54) is 29.2 Å². The third kappa shape index (κ3) is 4.67. The van der Waals surface area contributed by atoms with Gasteiger partial charge in [-0.2, -0.15) is 13.2 Å². The molecule has 0 spiro atoms. The Morgan fingerprint density at radius 2 is 1.90 bits per heavy atom. The summed E-state index contributed by atoms with van der Waals surface area (Å²) >= 11 is 1.39. The molecular formula is C19H19F3N2O4S2. The van der Waals surface area contributed by atoms with Gasteiger partial charge in [-0.1, -0.05) is 24.3 Å². The molecule has 0 aliphatic carbocycles. The van der Waals surface area contributed by atoms with Crippen LogP contribution in [0, 0.1) is 0 Å². The molecule has 1 aliphatic heterocycles. The molecule has 1 unspecified atom stereocenters. The molecule has 6 nitrogen and oxygen atoms in total. The number of carbonyl (C=O) groups excluding carboxylic acids is 2. The minimum absolute atomic E-state index is 0.0895. The van der Waals surface area contributed by atoms with Crippen LogP contribution in [0.15, 0.2) is 41.8 Å². The van der Waals surface area contributed by atoms with Crippen LogP contribution in [0.2, 0.25) is 0 Å². The molecule has 1 aromatic carbocycles. The quantitative estimate of drug-likeness (QED) is 0.719. The van der Waals surface area contributed by atoms with Gasteiger partial charge in [-0.25, -0.2) is 8.42 Å². The van der Waals surface area contributed by atoms with Gasteiger partial charge in [0.2, 0.25) is 15.9 Å². The van der Waals surface area contributed by atoms with Crippen molar-refractivity contribution in [3.8, 4) is 0 Å². The van der Waals surface area contributed by atoms with E-state index in [4.69, 9.17) is 0 Å². The number of alkyl halides is 3. The van der Waals surface area contributed by atoms with Crippen LogP contribution < -0.4 is 4.72 Å². The zero-order valence-corrected chi connectivity index (χ0v) is 17.5. The minimum atomic E-state index is -4.72. The number of hydrogen-bond acceptors (Lipinski definition) is 5. The minimum Gasteiger partial charge on any atom is -0.328 e. The Morgan fingerprint density at radius 1 is 1.20 bits per heavy atom. The zero-order valence-electron chi connectivity index (χ0n) is 15.9. The highest BCUT2D eigenvalue weighted by Gasteiger charge is 2.50. The number of carbonyl (C=O) groups is 2. The van der Waals surface area contributed by atoms with Crippen LogP contribution in [0.1, 0.15) is 29.3 Å². The summed E-state index contributed by atoms with van der Waals surface area (Å²) in [5.41, 5.74) is -2.91. The van der Waals surface area contributed by atoms with Gasteiger partial charge in [0.1, 0.15) is 5.54 Å². The molecule has 1 atom stereocenters. The monoisotopic (exact) mass is 460 g/mol. The van der Waals surface area contributed by atoms with Crippen molar-refractivity contribution in [1.82, 2.24) is 9.62 Å². The van der Waals surface area contributed by atoms with Crippen LogP contribution >= 0.6 is 11.3 Å². The third-order valence-corrected chi connectivity index (χ3v) is 7.09. The maximum atomic E-state index is 13.1. The number of sulfonamides is 1. The molecule has 162 valence electrons. The smallest absolute Gasteiger partial charge is 0.328 e.